The summed E-state index contributed by atoms with van der Waals surface area (Å²) >= 11 is 1.71. The van der Waals surface area contributed by atoms with Crippen molar-refractivity contribution in [1.29, 1.82) is 0 Å². The largest absolute Gasteiger partial charge is 0.463 e. The van der Waals surface area contributed by atoms with Crippen molar-refractivity contribution in [2.75, 3.05) is 11.6 Å². The van der Waals surface area contributed by atoms with Crippen molar-refractivity contribution in [3.05, 3.63) is 53.7 Å². The molecule has 0 saturated carbocycles. The highest BCUT2D eigenvalue weighted by Gasteiger charge is 2.03. The average Bonchev–Trinajstić information content (AvgIpc) is 2.76. The van der Waals surface area contributed by atoms with Crippen molar-refractivity contribution in [1.82, 2.24) is 0 Å². The van der Waals surface area contributed by atoms with Gasteiger partial charge in [-0.25, -0.2) is 4.39 Å². The molecule has 0 fully saturated rings. The Balaban J connectivity index is 1.95. The van der Waals surface area contributed by atoms with Gasteiger partial charge in [0, 0.05) is 0 Å². The molecule has 1 N–H and O–H groups in total. The molecule has 0 aliphatic rings. The van der Waals surface area contributed by atoms with Crippen molar-refractivity contribution >= 4 is 17.4 Å². The summed E-state index contributed by atoms with van der Waals surface area (Å²) in [5, 5.41) is 3.01. The minimum Gasteiger partial charge on any atom is -0.463 e. The molecule has 1 aromatic heterocycles. The normalized spacial score (nSPS) is 10.5. The Morgan fingerprint density at radius 3 is 2.71 bits per heavy atom. The smallest absolute Gasteiger partial charge is 0.146 e. The standard InChI is InChI=1S/C13H14FNOS/c1-17-9-11-7-6-10(16-11)8-15-13-5-3-2-4-12(13)14/h2-7,15H,8-9H2,1H3. The Labute approximate surface area is 104 Å². The van der Waals surface area contributed by atoms with E-state index in [9.17, 15) is 4.39 Å². The van der Waals surface area contributed by atoms with Crippen LogP contribution in [0, 0.1) is 5.82 Å². The third-order valence-corrected chi connectivity index (χ3v) is 2.90. The second kappa shape index (κ2) is 5.77. The van der Waals surface area contributed by atoms with Crippen molar-refractivity contribution < 1.29 is 8.81 Å². The number of anilines is 1. The molecule has 2 rings (SSSR count). The Morgan fingerprint density at radius 2 is 1.94 bits per heavy atom. The van der Waals surface area contributed by atoms with Gasteiger partial charge >= 0.3 is 0 Å². The molecule has 0 atom stereocenters. The lowest BCUT2D eigenvalue weighted by Crippen LogP contribution is -1.99. The highest BCUT2D eigenvalue weighted by atomic mass is 32.2. The van der Waals surface area contributed by atoms with Crippen LogP contribution >= 0.6 is 11.8 Å². The lowest BCUT2D eigenvalue weighted by atomic mass is 10.3. The number of rotatable bonds is 5. The summed E-state index contributed by atoms with van der Waals surface area (Å²) in [6.45, 7) is 0.495. The maximum atomic E-state index is 13.3. The van der Waals surface area contributed by atoms with Crippen molar-refractivity contribution in [2.24, 2.45) is 0 Å². The first-order valence-corrected chi connectivity index (χ1v) is 6.74. The number of hydrogen-bond donors (Lipinski definition) is 1. The molecular formula is C13H14FNOS. The summed E-state index contributed by atoms with van der Waals surface area (Å²) in [7, 11) is 0. The number of nitrogens with one attached hydrogen (secondary N) is 1. The zero-order valence-corrected chi connectivity index (χ0v) is 10.4. The molecule has 2 aromatic rings. The highest BCUT2D eigenvalue weighted by molar-refractivity contribution is 7.97. The van der Waals surface area contributed by atoms with Crippen LogP contribution in [-0.2, 0) is 12.3 Å². The number of halogens is 1. The van der Waals surface area contributed by atoms with E-state index < -0.39 is 0 Å². The number of furan rings is 1. The van der Waals surface area contributed by atoms with E-state index in [0.717, 1.165) is 17.3 Å². The van der Waals surface area contributed by atoms with E-state index in [1.54, 1.807) is 30.0 Å². The minimum atomic E-state index is -0.247. The van der Waals surface area contributed by atoms with Gasteiger partial charge in [0.2, 0.25) is 0 Å². The molecule has 0 saturated heterocycles. The summed E-state index contributed by atoms with van der Waals surface area (Å²) in [4.78, 5) is 0. The van der Waals surface area contributed by atoms with Crippen LogP contribution in [0.4, 0.5) is 10.1 Å². The fourth-order valence-corrected chi connectivity index (χ4v) is 1.96. The number of thioether (sulfide) groups is 1. The lowest BCUT2D eigenvalue weighted by Gasteiger charge is -2.05. The van der Waals surface area contributed by atoms with Gasteiger partial charge in [-0.2, -0.15) is 11.8 Å². The second-order valence-electron chi connectivity index (χ2n) is 3.63. The van der Waals surface area contributed by atoms with E-state index in [1.165, 1.54) is 6.07 Å². The molecule has 1 heterocycles. The first-order chi connectivity index (χ1) is 8.29. The van der Waals surface area contributed by atoms with Gasteiger partial charge in [0.15, 0.2) is 0 Å². The molecule has 0 aliphatic carbocycles. The Morgan fingerprint density at radius 1 is 1.18 bits per heavy atom. The molecule has 1 aromatic carbocycles. The molecule has 2 nitrogen and oxygen atoms in total. The molecule has 0 bridgehead atoms. The van der Waals surface area contributed by atoms with Crippen LogP contribution in [0.2, 0.25) is 0 Å². The van der Waals surface area contributed by atoms with Gasteiger partial charge in [0.05, 0.1) is 18.0 Å². The molecule has 0 amide bonds. The van der Waals surface area contributed by atoms with E-state index in [1.807, 2.05) is 18.4 Å². The predicted molar refractivity (Wildman–Crippen MR) is 69.7 cm³/mol. The van der Waals surface area contributed by atoms with Crippen LogP contribution in [0.5, 0.6) is 0 Å². The van der Waals surface area contributed by atoms with E-state index in [-0.39, 0.29) is 5.82 Å². The summed E-state index contributed by atoms with van der Waals surface area (Å²) in [5.41, 5.74) is 0.496. The monoisotopic (exact) mass is 251 g/mol. The van der Waals surface area contributed by atoms with Gasteiger partial charge in [-0.05, 0) is 30.5 Å². The minimum absolute atomic E-state index is 0.247. The molecule has 0 radical (unpaired) electrons. The third kappa shape index (κ3) is 3.27. The zero-order chi connectivity index (χ0) is 12.1. The van der Waals surface area contributed by atoms with Crippen molar-refractivity contribution in [3.8, 4) is 0 Å². The SMILES string of the molecule is CSCc1ccc(CNc2ccccc2F)o1. The average molecular weight is 251 g/mol. The maximum Gasteiger partial charge on any atom is 0.146 e. The fraction of sp³-hybridized carbons (Fsp3) is 0.231. The van der Waals surface area contributed by atoms with Crippen LogP contribution in [0.25, 0.3) is 0 Å². The van der Waals surface area contributed by atoms with Crippen LogP contribution < -0.4 is 5.32 Å². The molecule has 90 valence electrons. The van der Waals surface area contributed by atoms with Gasteiger partial charge in [-0.3, -0.25) is 0 Å². The van der Waals surface area contributed by atoms with E-state index in [0.29, 0.717) is 12.2 Å². The molecular weight excluding hydrogens is 237 g/mol. The fourth-order valence-electron chi connectivity index (χ4n) is 1.52. The summed E-state index contributed by atoms with van der Waals surface area (Å²) in [6, 6.07) is 10.5. The Hall–Kier alpha value is -1.42. The predicted octanol–water partition coefficient (Wildman–Crippen LogP) is 3.89. The number of benzene rings is 1. The van der Waals surface area contributed by atoms with Gasteiger partial charge in [-0.1, -0.05) is 12.1 Å². The summed E-state index contributed by atoms with van der Waals surface area (Å²) in [6.07, 6.45) is 2.03. The Bertz CT molecular complexity index is 484. The first-order valence-electron chi connectivity index (χ1n) is 5.34. The quantitative estimate of drug-likeness (QED) is 0.872. The van der Waals surface area contributed by atoms with Gasteiger partial charge in [0.1, 0.15) is 17.3 Å². The summed E-state index contributed by atoms with van der Waals surface area (Å²) in [5.74, 6) is 2.38. The second-order valence-corrected chi connectivity index (χ2v) is 4.50. The van der Waals surface area contributed by atoms with E-state index in [2.05, 4.69) is 5.32 Å². The zero-order valence-electron chi connectivity index (χ0n) is 9.57. The number of para-hydroxylation sites is 1. The van der Waals surface area contributed by atoms with Crippen LogP contribution in [0.15, 0.2) is 40.8 Å². The molecule has 0 spiro atoms. The molecule has 0 aliphatic heterocycles. The van der Waals surface area contributed by atoms with Crippen LogP contribution in [-0.4, -0.2) is 6.26 Å². The Kier molecular flexibility index (Phi) is 4.09. The van der Waals surface area contributed by atoms with Crippen LogP contribution in [0.3, 0.4) is 0 Å². The summed E-state index contributed by atoms with van der Waals surface area (Å²) < 4.78 is 18.9. The van der Waals surface area contributed by atoms with E-state index >= 15 is 0 Å². The third-order valence-electron chi connectivity index (χ3n) is 2.33. The molecule has 17 heavy (non-hydrogen) atoms. The first kappa shape index (κ1) is 12.0. The topological polar surface area (TPSA) is 25.2 Å². The van der Waals surface area contributed by atoms with Crippen molar-refractivity contribution in [2.45, 2.75) is 12.3 Å². The van der Waals surface area contributed by atoms with E-state index in [4.69, 9.17) is 4.42 Å². The lowest BCUT2D eigenvalue weighted by molar-refractivity contribution is 0.487. The molecule has 4 heteroatoms. The highest BCUT2D eigenvalue weighted by Crippen LogP contribution is 2.17. The van der Waals surface area contributed by atoms with Gasteiger partial charge in [0.25, 0.3) is 0 Å². The van der Waals surface area contributed by atoms with Gasteiger partial charge < -0.3 is 9.73 Å². The van der Waals surface area contributed by atoms with Gasteiger partial charge in [-0.15, -0.1) is 0 Å². The number of hydrogen-bond acceptors (Lipinski definition) is 3. The van der Waals surface area contributed by atoms with Crippen LogP contribution in [0.1, 0.15) is 11.5 Å². The molecule has 0 unspecified atom stereocenters. The van der Waals surface area contributed by atoms with Crippen molar-refractivity contribution in [3.63, 3.8) is 0 Å². The maximum absolute atomic E-state index is 13.3.